The number of anilines is 1. The molecule has 0 radical (unpaired) electrons. The van der Waals surface area contributed by atoms with Crippen molar-refractivity contribution in [1.82, 2.24) is 10.2 Å². The van der Waals surface area contributed by atoms with Gasteiger partial charge in [0.25, 0.3) is 5.91 Å². The highest BCUT2D eigenvalue weighted by Crippen LogP contribution is 2.36. The number of hydrogen-bond donors (Lipinski definition) is 1. The third-order valence-corrected chi connectivity index (χ3v) is 5.55. The van der Waals surface area contributed by atoms with Crippen LogP contribution in [0.15, 0.2) is 53.7 Å². The van der Waals surface area contributed by atoms with Crippen molar-refractivity contribution >= 4 is 46.5 Å². The number of esters is 1. The molecule has 1 unspecified atom stereocenters. The molecule has 0 spiro atoms. The maximum Gasteiger partial charge on any atom is 0.338 e. The maximum atomic E-state index is 13.7. The number of hydrogen-bond acceptors (Lipinski definition) is 4. The van der Waals surface area contributed by atoms with E-state index in [-0.39, 0.29) is 16.0 Å². The number of carbonyl (C=O) groups excluding carboxylic acids is 2. The van der Waals surface area contributed by atoms with E-state index in [0.29, 0.717) is 28.1 Å². The Morgan fingerprint density at radius 1 is 1.23 bits per heavy atom. The molecule has 1 atom stereocenters. The maximum absolute atomic E-state index is 13.7. The number of thiocarbonyl (C=S) groups is 1. The minimum atomic E-state index is -0.690. The van der Waals surface area contributed by atoms with E-state index in [4.69, 9.17) is 28.6 Å². The first-order chi connectivity index (χ1) is 14.7. The van der Waals surface area contributed by atoms with Gasteiger partial charge in [0.1, 0.15) is 5.82 Å². The van der Waals surface area contributed by atoms with Crippen molar-refractivity contribution in [2.75, 3.05) is 26.1 Å². The molecule has 162 valence electrons. The second kappa shape index (κ2) is 9.03. The summed E-state index contributed by atoms with van der Waals surface area (Å²) in [6.45, 7) is 1.74. The Labute approximate surface area is 190 Å². The van der Waals surface area contributed by atoms with Crippen LogP contribution in [0.2, 0.25) is 5.02 Å². The van der Waals surface area contributed by atoms with Crippen molar-refractivity contribution in [2.24, 2.45) is 0 Å². The van der Waals surface area contributed by atoms with Crippen LogP contribution in [0.3, 0.4) is 0 Å². The molecule has 0 aliphatic carbocycles. The second-order valence-corrected chi connectivity index (χ2v) is 7.89. The number of rotatable bonds is 4. The Morgan fingerprint density at radius 2 is 1.90 bits per heavy atom. The predicted molar refractivity (Wildman–Crippen MR) is 122 cm³/mol. The zero-order chi connectivity index (χ0) is 22.9. The van der Waals surface area contributed by atoms with Gasteiger partial charge in [0.05, 0.1) is 29.3 Å². The average Bonchev–Trinajstić information content (AvgIpc) is 2.74. The molecule has 1 aliphatic rings. The minimum absolute atomic E-state index is 0.0632. The summed E-state index contributed by atoms with van der Waals surface area (Å²) in [5.74, 6) is -1.35. The van der Waals surface area contributed by atoms with E-state index in [1.807, 2.05) is 0 Å². The van der Waals surface area contributed by atoms with Crippen LogP contribution in [0.4, 0.5) is 10.1 Å². The molecule has 2 aromatic carbocycles. The number of likely N-dealkylation sites (N-methyl/N-ethyl adjacent to an activating group) is 1. The molecular formula is C22H21ClFN3O3S. The van der Waals surface area contributed by atoms with Gasteiger partial charge in [-0.15, -0.1) is 0 Å². The summed E-state index contributed by atoms with van der Waals surface area (Å²) in [4.78, 5) is 28.6. The Balaban J connectivity index is 2.22. The largest absolute Gasteiger partial charge is 0.465 e. The van der Waals surface area contributed by atoms with Gasteiger partial charge in [0.15, 0.2) is 5.11 Å². The average molecular weight is 462 g/mol. The molecule has 9 heteroatoms. The molecule has 1 N–H and O–H groups in total. The van der Waals surface area contributed by atoms with Crippen LogP contribution in [0, 0.1) is 5.82 Å². The minimum Gasteiger partial charge on any atom is -0.465 e. The summed E-state index contributed by atoms with van der Waals surface area (Å²) in [5, 5.41) is 3.37. The van der Waals surface area contributed by atoms with E-state index in [9.17, 15) is 14.0 Å². The first-order valence-corrected chi connectivity index (χ1v) is 10.1. The normalized spacial score (nSPS) is 16.1. The highest BCUT2D eigenvalue weighted by atomic mass is 35.5. The Kier molecular flexibility index (Phi) is 6.62. The van der Waals surface area contributed by atoms with E-state index in [0.717, 1.165) is 0 Å². The highest BCUT2D eigenvalue weighted by molar-refractivity contribution is 7.80. The lowest BCUT2D eigenvalue weighted by molar-refractivity contribution is -0.125. The Hall–Kier alpha value is -2.97. The Bertz CT molecular complexity index is 1100. The lowest BCUT2D eigenvalue weighted by Gasteiger charge is -2.39. The molecule has 6 nitrogen and oxygen atoms in total. The number of amides is 1. The number of nitrogens with zero attached hydrogens (tertiary/aromatic N) is 2. The monoisotopic (exact) mass is 461 g/mol. The van der Waals surface area contributed by atoms with Crippen molar-refractivity contribution < 1.29 is 18.7 Å². The number of nitrogens with one attached hydrogen (secondary N) is 1. The molecule has 0 fully saturated rings. The van der Waals surface area contributed by atoms with Gasteiger partial charge in [0.2, 0.25) is 0 Å². The van der Waals surface area contributed by atoms with Crippen LogP contribution in [-0.4, -0.2) is 43.1 Å². The zero-order valence-corrected chi connectivity index (χ0v) is 19.0. The van der Waals surface area contributed by atoms with Gasteiger partial charge in [-0.2, -0.15) is 0 Å². The van der Waals surface area contributed by atoms with Crippen LogP contribution in [0.5, 0.6) is 0 Å². The van der Waals surface area contributed by atoms with Gasteiger partial charge in [-0.25, -0.2) is 9.18 Å². The number of methoxy groups -OCH3 is 1. The standard InChI is InChI=1S/C22H21ClFN3O3S/c1-12-18(20(28)26(2)3)19(14-7-5-6-8-15(14)21(29)30-4)25-22(31)27(12)13-9-10-17(24)16(23)11-13/h5-11,19H,1-4H3,(H,25,31). The van der Waals surface area contributed by atoms with Crippen LogP contribution in [-0.2, 0) is 9.53 Å². The summed E-state index contributed by atoms with van der Waals surface area (Å²) in [6, 6.07) is 10.4. The van der Waals surface area contributed by atoms with Crippen LogP contribution >= 0.6 is 23.8 Å². The fraction of sp³-hybridized carbons (Fsp3) is 0.227. The van der Waals surface area contributed by atoms with Crippen molar-refractivity contribution in [3.8, 4) is 0 Å². The molecule has 1 amide bonds. The van der Waals surface area contributed by atoms with Crippen LogP contribution in [0.1, 0.15) is 28.9 Å². The third-order valence-electron chi connectivity index (χ3n) is 4.96. The summed E-state index contributed by atoms with van der Waals surface area (Å²) in [6.07, 6.45) is 0. The molecule has 0 aromatic heterocycles. The molecule has 2 aromatic rings. The van der Waals surface area contributed by atoms with Crippen molar-refractivity contribution in [2.45, 2.75) is 13.0 Å². The molecular weight excluding hydrogens is 441 g/mol. The van der Waals surface area contributed by atoms with E-state index < -0.39 is 17.8 Å². The number of ether oxygens (including phenoxy) is 1. The summed E-state index contributed by atoms with van der Waals surface area (Å²) >= 11 is 11.6. The van der Waals surface area contributed by atoms with Gasteiger partial charge in [-0.1, -0.05) is 29.8 Å². The Morgan fingerprint density at radius 3 is 2.52 bits per heavy atom. The molecule has 0 saturated heterocycles. The van der Waals surface area contributed by atoms with Crippen LogP contribution in [0.25, 0.3) is 0 Å². The number of allylic oxidation sites excluding steroid dienone is 1. The van der Waals surface area contributed by atoms with Crippen LogP contribution < -0.4 is 10.2 Å². The SMILES string of the molecule is COC(=O)c1ccccc1C1NC(=S)N(c2ccc(F)c(Cl)c2)C(C)=C1C(=O)N(C)C. The van der Waals surface area contributed by atoms with E-state index in [2.05, 4.69) is 5.32 Å². The van der Waals surface area contributed by atoms with Gasteiger partial charge in [0, 0.05) is 25.5 Å². The first-order valence-electron chi connectivity index (χ1n) is 9.32. The molecule has 1 aliphatic heterocycles. The number of carbonyl (C=O) groups is 2. The predicted octanol–water partition coefficient (Wildman–Crippen LogP) is 4.06. The van der Waals surface area contributed by atoms with Gasteiger partial charge in [-0.05, 0) is 49.0 Å². The number of benzene rings is 2. The smallest absolute Gasteiger partial charge is 0.338 e. The molecule has 0 bridgehead atoms. The third kappa shape index (κ3) is 4.26. The molecule has 31 heavy (non-hydrogen) atoms. The van der Waals surface area contributed by atoms with E-state index in [1.54, 1.807) is 50.2 Å². The van der Waals surface area contributed by atoms with Crippen molar-refractivity contribution in [3.05, 3.63) is 75.7 Å². The second-order valence-electron chi connectivity index (χ2n) is 7.09. The van der Waals surface area contributed by atoms with Gasteiger partial charge >= 0.3 is 5.97 Å². The topological polar surface area (TPSA) is 61.9 Å². The summed E-state index contributed by atoms with van der Waals surface area (Å²) in [7, 11) is 4.57. The van der Waals surface area contributed by atoms with Crippen molar-refractivity contribution in [1.29, 1.82) is 0 Å². The van der Waals surface area contributed by atoms with Gasteiger partial charge in [-0.3, -0.25) is 9.69 Å². The fourth-order valence-corrected chi connectivity index (χ4v) is 4.01. The highest BCUT2D eigenvalue weighted by Gasteiger charge is 2.37. The molecule has 1 heterocycles. The summed E-state index contributed by atoms with van der Waals surface area (Å²) < 4.78 is 18.6. The van der Waals surface area contributed by atoms with Gasteiger partial charge < -0.3 is 15.0 Å². The lowest BCUT2D eigenvalue weighted by Crippen LogP contribution is -2.49. The lowest BCUT2D eigenvalue weighted by atomic mass is 9.90. The molecule has 3 rings (SSSR count). The fourth-order valence-electron chi connectivity index (χ4n) is 3.47. The van der Waals surface area contributed by atoms with Crippen molar-refractivity contribution in [3.63, 3.8) is 0 Å². The number of halogens is 2. The van der Waals surface area contributed by atoms with E-state index in [1.165, 1.54) is 30.2 Å². The van der Waals surface area contributed by atoms with E-state index >= 15 is 0 Å². The summed E-state index contributed by atoms with van der Waals surface area (Å²) in [5.41, 5.74) is 2.30. The quantitative estimate of drug-likeness (QED) is 0.547. The molecule has 0 saturated carbocycles. The zero-order valence-electron chi connectivity index (χ0n) is 17.4. The first kappa shape index (κ1) is 22.7.